The molecule has 1 aliphatic carbocycles. The zero-order chi connectivity index (χ0) is 13.3. The van der Waals surface area contributed by atoms with Crippen molar-refractivity contribution in [3.05, 3.63) is 16.5 Å². The number of nitrogens with one attached hydrogen (secondary N) is 1. The van der Waals surface area contributed by atoms with Gasteiger partial charge in [0.1, 0.15) is 10.7 Å². The molecule has 0 saturated heterocycles. The van der Waals surface area contributed by atoms with E-state index in [-0.39, 0.29) is 9.56 Å². The molecule has 0 aromatic carbocycles. The van der Waals surface area contributed by atoms with Crippen molar-refractivity contribution < 1.29 is 12.8 Å². The smallest absolute Gasteiger partial charge is 0.247 e. The Hall–Kier alpha value is -0.370. The van der Waals surface area contributed by atoms with Crippen molar-refractivity contribution in [2.75, 3.05) is 13.6 Å². The molecule has 0 spiro atoms. The third-order valence-electron chi connectivity index (χ3n) is 2.98. The lowest BCUT2D eigenvalue weighted by Gasteiger charge is -2.13. The second kappa shape index (κ2) is 5.32. The van der Waals surface area contributed by atoms with E-state index in [0.29, 0.717) is 24.9 Å². The highest BCUT2D eigenvalue weighted by Crippen LogP contribution is 2.29. The van der Waals surface area contributed by atoms with Crippen LogP contribution in [0.15, 0.2) is 20.0 Å². The molecular weight excluding hydrogens is 320 g/mol. The summed E-state index contributed by atoms with van der Waals surface area (Å²) < 4.78 is 31.3. The normalized spacial score (nSPS) is 16.4. The first kappa shape index (κ1) is 14.0. The number of halogens is 1. The number of furan rings is 1. The fraction of sp³-hybridized carbons (Fsp3) is 0.636. The average molecular weight is 337 g/mol. The number of nitrogens with zero attached hydrogens (tertiary/aromatic N) is 1. The van der Waals surface area contributed by atoms with Gasteiger partial charge in [-0.2, -0.15) is 0 Å². The Morgan fingerprint density at radius 3 is 2.78 bits per heavy atom. The zero-order valence-electron chi connectivity index (χ0n) is 10.4. The predicted molar refractivity (Wildman–Crippen MR) is 71.8 cm³/mol. The Kier molecular flexibility index (Phi) is 4.15. The van der Waals surface area contributed by atoms with Gasteiger partial charge in [-0.05, 0) is 28.8 Å². The van der Waals surface area contributed by atoms with Gasteiger partial charge in [-0.25, -0.2) is 12.7 Å². The average Bonchev–Trinajstić information content (AvgIpc) is 3.08. The quantitative estimate of drug-likeness (QED) is 0.862. The van der Waals surface area contributed by atoms with Crippen molar-refractivity contribution in [2.24, 2.45) is 0 Å². The van der Waals surface area contributed by atoms with Crippen LogP contribution in [0.4, 0.5) is 0 Å². The molecule has 1 aliphatic rings. The van der Waals surface area contributed by atoms with Crippen LogP contribution in [0.1, 0.15) is 25.5 Å². The Morgan fingerprint density at radius 1 is 1.56 bits per heavy atom. The van der Waals surface area contributed by atoms with Gasteiger partial charge in [-0.1, -0.05) is 6.92 Å². The highest BCUT2D eigenvalue weighted by molar-refractivity contribution is 9.10. The molecular formula is C11H17BrN2O3S. The van der Waals surface area contributed by atoms with E-state index in [2.05, 4.69) is 21.2 Å². The van der Waals surface area contributed by atoms with E-state index in [1.54, 1.807) is 20.0 Å². The molecule has 1 saturated carbocycles. The van der Waals surface area contributed by atoms with E-state index in [0.717, 1.165) is 0 Å². The summed E-state index contributed by atoms with van der Waals surface area (Å²) in [6.07, 6.45) is 2.37. The van der Waals surface area contributed by atoms with Crippen molar-refractivity contribution >= 4 is 26.0 Å². The third-order valence-corrected chi connectivity index (χ3v) is 5.77. The van der Waals surface area contributed by atoms with Crippen molar-refractivity contribution in [2.45, 2.75) is 37.2 Å². The number of hydrogen-bond donors (Lipinski definition) is 1. The van der Waals surface area contributed by atoms with Gasteiger partial charge >= 0.3 is 0 Å². The summed E-state index contributed by atoms with van der Waals surface area (Å²) in [7, 11) is -1.90. The molecule has 0 unspecified atom stereocenters. The minimum absolute atomic E-state index is 0.194. The van der Waals surface area contributed by atoms with Crippen molar-refractivity contribution in [1.82, 2.24) is 9.62 Å². The Bertz CT molecular complexity index is 522. The highest BCUT2D eigenvalue weighted by atomic mass is 79.9. The van der Waals surface area contributed by atoms with Crippen LogP contribution in [0.25, 0.3) is 0 Å². The van der Waals surface area contributed by atoms with E-state index >= 15 is 0 Å². The van der Waals surface area contributed by atoms with Gasteiger partial charge in [0.25, 0.3) is 0 Å². The molecule has 1 fully saturated rings. The second-order valence-corrected chi connectivity index (χ2v) is 7.16. The molecule has 1 aromatic heterocycles. The van der Waals surface area contributed by atoms with Gasteiger partial charge in [0.05, 0.1) is 6.54 Å². The van der Waals surface area contributed by atoms with Gasteiger partial charge in [-0.15, -0.1) is 0 Å². The van der Waals surface area contributed by atoms with E-state index < -0.39 is 10.0 Å². The van der Waals surface area contributed by atoms with Gasteiger partial charge in [0.15, 0.2) is 4.67 Å². The first-order valence-corrected chi connectivity index (χ1v) is 8.16. The minimum atomic E-state index is -3.46. The fourth-order valence-electron chi connectivity index (χ4n) is 1.53. The molecule has 1 N–H and O–H groups in total. The largest absolute Gasteiger partial charge is 0.452 e. The zero-order valence-corrected chi connectivity index (χ0v) is 12.8. The lowest BCUT2D eigenvalue weighted by Crippen LogP contribution is -2.26. The van der Waals surface area contributed by atoms with Crippen LogP contribution in [0, 0.1) is 0 Å². The third kappa shape index (κ3) is 2.96. The van der Waals surface area contributed by atoms with Gasteiger partial charge in [0.2, 0.25) is 10.0 Å². The van der Waals surface area contributed by atoms with Crippen LogP contribution in [-0.4, -0.2) is 32.4 Å². The molecule has 7 heteroatoms. The number of sulfonamides is 1. The Labute approximate surface area is 116 Å². The lowest BCUT2D eigenvalue weighted by atomic mass is 10.4. The number of hydrogen-bond acceptors (Lipinski definition) is 4. The Balaban J connectivity index is 2.17. The lowest BCUT2D eigenvalue weighted by molar-refractivity contribution is 0.455. The SMILES string of the molecule is CCN(C)S(=O)(=O)c1cc(CNC2CC2)oc1Br. The second-order valence-electron chi connectivity index (χ2n) is 4.43. The van der Waals surface area contributed by atoms with E-state index in [9.17, 15) is 8.42 Å². The Morgan fingerprint density at radius 2 is 2.22 bits per heavy atom. The molecule has 0 bridgehead atoms. The molecule has 2 rings (SSSR count). The van der Waals surface area contributed by atoms with Gasteiger partial charge < -0.3 is 9.73 Å². The first-order chi connectivity index (χ1) is 8.45. The summed E-state index contributed by atoms with van der Waals surface area (Å²) in [4.78, 5) is 0.194. The summed E-state index contributed by atoms with van der Waals surface area (Å²) in [5.74, 6) is 0.636. The maximum atomic E-state index is 12.2. The highest BCUT2D eigenvalue weighted by Gasteiger charge is 2.27. The molecule has 5 nitrogen and oxygen atoms in total. The standard InChI is InChI=1S/C11H17BrN2O3S/c1-3-14(2)18(15,16)10-6-9(17-11(10)12)7-13-8-4-5-8/h6,8,13H,3-5,7H2,1-2H3. The summed E-state index contributed by atoms with van der Waals surface area (Å²) in [6.45, 7) is 2.78. The van der Waals surface area contributed by atoms with Crippen LogP contribution < -0.4 is 5.32 Å². The fourth-order valence-corrected chi connectivity index (χ4v) is 3.67. The molecule has 0 atom stereocenters. The molecule has 1 aromatic rings. The molecule has 0 aliphatic heterocycles. The summed E-state index contributed by atoms with van der Waals surface area (Å²) in [5, 5.41) is 3.29. The van der Waals surface area contributed by atoms with Crippen molar-refractivity contribution in [1.29, 1.82) is 0 Å². The molecule has 18 heavy (non-hydrogen) atoms. The maximum absolute atomic E-state index is 12.2. The van der Waals surface area contributed by atoms with Crippen LogP contribution in [0.2, 0.25) is 0 Å². The molecule has 102 valence electrons. The summed E-state index contributed by atoms with van der Waals surface area (Å²) >= 11 is 3.17. The number of rotatable bonds is 6. The van der Waals surface area contributed by atoms with Crippen LogP contribution in [0.5, 0.6) is 0 Å². The molecule has 0 radical (unpaired) electrons. The van der Waals surface area contributed by atoms with Crippen molar-refractivity contribution in [3.63, 3.8) is 0 Å². The van der Waals surface area contributed by atoms with E-state index in [1.807, 2.05) is 0 Å². The van der Waals surface area contributed by atoms with E-state index in [1.165, 1.54) is 17.1 Å². The molecule has 0 amide bonds. The summed E-state index contributed by atoms with van der Waals surface area (Å²) in [6, 6.07) is 2.15. The van der Waals surface area contributed by atoms with Crippen LogP contribution in [0.3, 0.4) is 0 Å². The van der Waals surface area contributed by atoms with Gasteiger partial charge in [-0.3, -0.25) is 0 Å². The summed E-state index contributed by atoms with van der Waals surface area (Å²) in [5.41, 5.74) is 0. The van der Waals surface area contributed by atoms with Gasteiger partial charge in [0, 0.05) is 25.7 Å². The van der Waals surface area contributed by atoms with Crippen molar-refractivity contribution in [3.8, 4) is 0 Å². The topological polar surface area (TPSA) is 62.6 Å². The van der Waals surface area contributed by atoms with E-state index in [4.69, 9.17) is 4.42 Å². The maximum Gasteiger partial charge on any atom is 0.247 e. The molecule has 1 heterocycles. The minimum Gasteiger partial charge on any atom is -0.452 e. The first-order valence-electron chi connectivity index (χ1n) is 5.93. The monoisotopic (exact) mass is 336 g/mol. The predicted octanol–water partition coefficient (Wildman–Crippen LogP) is 1.93. The van der Waals surface area contributed by atoms with Crippen LogP contribution >= 0.6 is 15.9 Å². The van der Waals surface area contributed by atoms with Crippen LogP contribution in [-0.2, 0) is 16.6 Å².